The van der Waals surface area contributed by atoms with Crippen LogP contribution >= 0.6 is 11.6 Å². The van der Waals surface area contributed by atoms with Gasteiger partial charge in [0.15, 0.2) is 25.0 Å². The second-order valence-corrected chi connectivity index (χ2v) is 21.5. The molecule has 0 aromatic heterocycles. The Bertz CT molecular complexity index is 1670. The predicted molar refractivity (Wildman–Crippen MR) is 225 cm³/mol. The minimum Gasteiger partial charge on any atom is -0.469 e. The topological polar surface area (TPSA) is 259 Å². The normalized spacial score (nSPS) is 34.0. The van der Waals surface area contributed by atoms with E-state index in [9.17, 15) is 45.3 Å². The van der Waals surface area contributed by atoms with Crippen LogP contribution in [0.3, 0.4) is 0 Å². The van der Waals surface area contributed by atoms with Crippen molar-refractivity contribution < 1.29 is 87.7 Å². The van der Waals surface area contributed by atoms with E-state index in [2.05, 4.69) is 20.8 Å². The number of halogens is 1. The molecule has 3 aliphatic heterocycles. The minimum atomic E-state index is -3.35. The Morgan fingerprint density at radius 2 is 1.24 bits per heavy atom. The number of ether oxygens (including phenoxy) is 8. The van der Waals surface area contributed by atoms with Crippen LogP contribution < -0.4 is 10.4 Å². The maximum absolute atomic E-state index is 13.1. The molecule has 3 fully saturated rings. The van der Waals surface area contributed by atoms with Crippen molar-refractivity contribution in [1.29, 1.82) is 0 Å². The molecule has 2 aromatic carbocycles. The zero-order valence-corrected chi connectivity index (χ0v) is 37.8. The van der Waals surface area contributed by atoms with Gasteiger partial charge in [0.1, 0.15) is 66.9 Å². The Hall–Kier alpha value is -2.67. The van der Waals surface area contributed by atoms with Gasteiger partial charge < -0.3 is 78.1 Å². The Labute approximate surface area is 372 Å². The van der Waals surface area contributed by atoms with Gasteiger partial charge >= 0.3 is 11.9 Å². The van der Waals surface area contributed by atoms with E-state index in [0.29, 0.717) is 19.3 Å². The van der Waals surface area contributed by atoms with Gasteiger partial charge in [-0.3, -0.25) is 9.59 Å². The van der Waals surface area contributed by atoms with Crippen molar-refractivity contribution in [3.05, 3.63) is 60.7 Å². The second kappa shape index (κ2) is 23.2. The van der Waals surface area contributed by atoms with E-state index in [1.165, 1.54) is 14.0 Å². The molecular formula is C43H63ClO18Si. The molecule has 0 amide bonds. The highest BCUT2D eigenvalue weighted by Gasteiger charge is 2.57. The van der Waals surface area contributed by atoms with Crippen molar-refractivity contribution in [2.45, 2.75) is 151 Å². The Kier molecular flexibility index (Phi) is 18.9. The number of hydrogen-bond donors (Lipinski definition) is 7. The molecule has 0 aliphatic carbocycles. The van der Waals surface area contributed by atoms with Gasteiger partial charge in [-0.25, -0.2) is 0 Å². The first-order valence-electron chi connectivity index (χ1n) is 21.1. The molecule has 5 rings (SSSR count). The van der Waals surface area contributed by atoms with Crippen molar-refractivity contribution in [1.82, 2.24) is 0 Å². The lowest BCUT2D eigenvalue weighted by atomic mass is 9.95. The lowest BCUT2D eigenvalue weighted by molar-refractivity contribution is -0.385. The van der Waals surface area contributed by atoms with Crippen molar-refractivity contribution in [3.63, 3.8) is 0 Å². The average molecular weight is 931 g/mol. The average Bonchev–Trinajstić information content (AvgIpc) is 3.27. The molecule has 20 heteroatoms. The number of aliphatic hydroxyl groups is 7. The fraction of sp³-hybridized carbons (Fsp3) is 0.674. The summed E-state index contributed by atoms with van der Waals surface area (Å²) in [6.07, 6.45) is -22.6. The van der Waals surface area contributed by atoms with Crippen LogP contribution in [-0.2, 0) is 51.9 Å². The van der Waals surface area contributed by atoms with Crippen LogP contribution in [-0.4, -0.2) is 181 Å². The van der Waals surface area contributed by atoms with Crippen molar-refractivity contribution in [2.75, 3.05) is 32.8 Å². The monoisotopic (exact) mass is 930 g/mol. The zero-order valence-electron chi connectivity index (χ0n) is 36.1. The molecule has 63 heavy (non-hydrogen) atoms. The van der Waals surface area contributed by atoms with E-state index in [1.807, 2.05) is 60.7 Å². The molecule has 3 heterocycles. The van der Waals surface area contributed by atoms with Crippen LogP contribution in [0.1, 0.15) is 53.4 Å². The summed E-state index contributed by atoms with van der Waals surface area (Å²) in [5, 5.41) is 76.6. The van der Waals surface area contributed by atoms with E-state index >= 15 is 0 Å². The zero-order chi connectivity index (χ0) is 46.1. The molecular weight excluding hydrogens is 868 g/mol. The quantitative estimate of drug-likeness (QED) is 0.0409. The molecule has 0 saturated carbocycles. The fourth-order valence-electron chi connectivity index (χ4n) is 8.21. The third-order valence-corrected chi connectivity index (χ3v) is 16.8. The maximum Gasteiger partial charge on any atom is 0.321 e. The third kappa shape index (κ3) is 12.0. The summed E-state index contributed by atoms with van der Waals surface area (Å²) in [5.41, 5.74) is 0. The molecule has 2 aromatic rings. The van der Waals surface area contributed by atoms with Crippen LogP contribution in [0.15, 0.2) is 60.7 Å². The maximum atomic E-state index is 13.1. The number of hydrogen-bond acceptors (Lipinski definition) is 18. The molecule has 7 N–H and O–H groups in total. The number of alkyl halides is 1. The first kappa shape index (κ1) is 51.3. The van der Waals surface area contributed by atoms with Crippen LogP contribution in [0.5, 0.6) is 0 Å². The Morgan fingerprint density at radius 3 is 1.79 bits per heavy atom. The number of esters is 2. The molecule has 0 unspecified atom stereocenters. The Morgan fingerprint density at radius 1 is 0.683 bits per heavy atom. The standard InChI is InChI=1S/C43H63ClO18Si/c1-24-31(48)33(50)35(52)40(57-24)61-37-28(23-56-63(43(2,3)4,25-15-9-6-10-16-25)26-17-11-7-12-18-26)59-42(55-20-14-8-13-19-29(46)54-5)39(60-30(47)21-44)38(37)62-41-36(53)34(51)32(49)27(22-45)58-41/h6-7,9-12,15-18,24,27-28,31-42,45,48-53H,8,13-14,19-23H2,1-5H3/t24-,27+,28+,31+,32-,33+,34-,35-,36+,37-,38-,39+,40-,41+,42+/m0/s1. The molecule has 3 saturated heterocycles. The summed E-state index contributed by atoms with van der Waals surface area (Å²) in [7, 11) is -2.05. The van der Waals surface area contributed by atoms with Gasteiger partial charge in [-0.05, 0) is 35.2 Å². The van der Waals surface area contributed by atoms with E-state index < -0.39 is 124 Å². The highest BCUT2D eigenvalue weighted by atomic mass is 35.5. The minimum absolute atomic E-state index is 0.00733. The smallest absolute Gasteiger partial charge is 0.321 e. The first-order chi connectivity index (χ1) is 30.0. The number of carbonyl (C=O) groups excluding carboxylic acids is 2. The number of methoxy groups -OCH3 is 1. The number of aliphatic hydroxyl groups excluding tert-OH is 7. The van der Waals surface area contributed by atoms with Gasteiger partial charge in [-0.1, -0.05) is 87.9 Å². The van der Waals surface area contributed by atoms with Crippen LogP contribution in [0.25, 0.3) is 0 Å². The van der Waals surface area contributed by atoms with Gasteiger partial charge in [-0.15, -0.1) is 11.6 Å². The Balaban J connectivity index is 1.63. The molecule has 3 aliphatic rings. The number of unbranched alkanes of at least 4 members (excludes halogenated alkanes) is 2. The van der Waals surface area contributed by atoms with Crippen LogP contribution in [0, 0.1) is 0 Å². The van der Waals surface area contributed by atoms with E-state index in [-0.39, 0.29) is 25.6 Å². The summed E-state index contributed by atoms with van der Waals surface area (Å²) < 4.78 is 55.4. The molecule has 0 bridgehead atoms. The SMILES string of the molecule is COC(=O)CCCCCO[C@@H]1O[C@H](CO[Si](c2ccccc2)(c2ccccc2)C(C)(C)C)[C@H](O[C@@H]2O[C@@H](C)[C@@H](O)[C@@H](O)[C@@H]2O)[C@H](O[C@H]2O[C@H](CO)[C@H](O)[C@H](O)[C@H]2O)[C@H]1OC(=O)CCl. The van der Waals surface area contributed by atoms with Gasteiger partial charge in [0, 0.05) is 13.0 Å². The third-order valence-electron chi connectivity index (χ3n) is 11.6. The van der Waals surface area contributed by atoms with Gasteiger partial charge in [0.2, 0.25) is 0 Å². The van der Waals surface area contributed by atoms with Crippen molar-refractivity contribution in [2.24, 2.45) is 0 Å². The summed E-state index contributed by atoms with van der Waals surface area (Å²) in [5.74, 6) is -1.96. The summed E-state index contributed by atoms with van der Waals surface area (Å²) in [6, 6.07) is 19.4. The van der Waals surface area contributed by atoms with Crippen molar-refractivity contribution >= 4 is 42.2 Å². The number of benzene rings is 2. The molecule has 15 atom stereocenters. The lowest BCUT2D eigenvalue weighted by Crippen LogP contribution is -2.70. The van der Waals surface area contributed by atoms with E-state index in [4.69, 9.17) is 53.9 Å². The molecule has 0 spiro atoms. The molecule has 0 radical (unpaired) electrons. The summed E-state index contributed by atoms with van der Waals surface area (Å²) in [4.78, 5) is 24.9. The van der Waals surface area contributed by atoms with Crippen LogP contribution in [0.2, 0.25) is 5.04 Å². The van der Waals surface area contributed by atoms with E-state index in [0.717, 1.165) is 10.4 Å². The first-order valence-corrected chi connectivity index (χ1v) is 23.6. The largest absolute Gasteiger partial charge is 0.469 e. The summed E-state index contributed by atoms with van der Waals surface area (Å²) in [6.45, 7) is 6.58. The second-order valence-electron chi connectivity index (χ2n) is 16.9. The fourth-order valence-corrected chi connectivity index (χ4v) is 12.8. The van der Waals surface area contributed by atoms with Crippen molar-refractivity contribution in [3.8, 4) is 0 Å². The summed E-state index contributed by atoms with van der Waals surface area (Å²) >= 11 is 5.96. The predicted octanol–water partition coefficient (Wildman–Crippen LogP) is -0.414. The number of rotatable bonds is 19. The van der Waals surface area contributed by atoms with E-state index in [1.54, 1.807) is 0 Å². The van der Waals surface area contributed by atoms with Crippen LogP contribution in [0.4, 0.5) is 0 Å². The van der Waals surface area contributed by atoms with Gasteiger partial charge in [-0.2, -0.15) is 0 Å². The lowest BCUT2D eigenvalue weighted by Gasteiger charge is -2.50. The van der Waals surface area contributed by atoms with Gasteiger partial charge in [0.25, 0.3) is 8.32 Å². The highest BCUT2D eigenvalue weighted by Crippen LogP contribution is 2.40. The highest BCUT2D eigenvalue weighted by molar-refractivity contribution is 6.99. The van der Waals surface area contributed by atoms with Gasteiger partial charge in [0.05, 0.1) is 26.4 Å². The molecule has 354 valence electrons. The number of carbonyl (C=O) groups is 2. The molecule has 18 nitrogen and oxygen atoms in total.